The minimum Gasteiger partial charge on any atom is -0.485 e. The molecular weight excluding hydrogens is 370 g/mol. The summed E-state index contributed by atoms with van der Waals surface area (Å²) in [5, 5.41) is 2.84. The van der Waals surface area contributed by atoms with Crippen LogP contribution in [0.3, 0.4) is 0 Å². The van der Waals surface area contributed by atoms with Gasteiger partial charge in [-0.05, 0) is 36.4 Å². The average molecular weight is 386 g/mol. The van der Waals surface area contributed by atoms with Gasteiger partial charge in [0.15, 0.2) is 0 Å². The monoisotopic (exact) mass is 385 g/mol. The smallest absolute Gasteiger partial charge is 0.144 e. The number of ether oxygens (including phenoxy) is 1. The molecule has 3 aromatic heterocycles. The molecule has 0 saturated heterocycles. The van der Waals surface area contributed by atoms with Crippen molar-refractivity contribution < 1.29 is 4.74 Å². The van der Waals surface area contributed by atoms with Gasteiger partial charge in [0, 0.05) is 27.6 Å². The van der Waals surface area contributed by atoms with Crippen LogP contribution in [0.25, 0.3) is 27.7 Å². The molecule has 3 heterocycles. The van der Waals surface area contributed by atoms with Crippen LogP contribution < -0.4 is 4.74 Å². The summed E-state index contributed by atoms with van der Waals surface area (Å²) in [6.07, 6.45) is 5.67. The van der Waals surface area contributed by atoms with Crippen molar-refractivity contribution in [2.24, 2.45) is 0 Å². The number of nitrogens with zero attached hydrogens (tertiary/aromatic N) is 3. The third-order valence-corrected chi connectivity index (χ3v) is 4.97. The summed E-state index contributed by atoms with van der Waals surface area (Å²) in [7, 11) is 0. The van der Waals surface area contributed by atoms with Crippen LogP contribution in [0.15, 0.2) is 85.3 Å². The van der Waals surface area contributed by atoms with Crippen molar-refractivity contribution in [1.82, 2.24) is 14.4 Å². The minimum absolute atomic E-state index is 0.404. The van der Waals surface area contributed by atoms with Crippen molar-refractivity contribution in [3.63, 3.8) is 0 Å². The normalized spacial score (nSPS) is 11.2. The molecule has 5 aromatic rings. The standard InChI is InChI=1S/C23H16ClN3O/c24-17-10-8-16(9-11-17)23-26-13-21-19-6-1-2-7-20(19)22(14-27(21)23)28-15-18-5-3-4-12-25-18/h1-14H,15H2. The van der Waals surface area contributed by atoms with Crippen LogP contribution in [0.4, 0.5) is 0 Å². The number of rotatable bonds is 4. The van der Waals surface area contributed by atoms with Crippen LogP contribution in [0.5, 0.6) is 5.75 Å². The van der Waals surface area contributed by atoms with Crippen molar-refractivity contribution >= 4 is 27.9 Å². The van der Waals surface area contributed by atoms with Gasteiger partial charge in [0.05, 0.1) is 23.6 Å². The molecule has 2 aromatic carbocycles. The second-order valence-electron chi connectivity index (χ2n) is 6.49. The number of pyridine rings is 2. The fourth-order valence-electron chi connectivity index (χ4n) is 3.36. The Morgan fingerprint density at radius 3 is 2.43 bits per heavy atom. The molecule has 0 aliphatic rings. The molecular formula is C23H16ClN3O. The van der Waals surface area contributed by atoms with E-state index >= 15 is 0 Å². The zero-order chi connectivity index (χ0) is 18.9. The highest BCUT2D eigenvalue weighted by atomic mass is 35.5. The lowest BCUT2D eigenvalue weighted by molar-refractivity contribution is 0.303. The van der Waals surface area contributed by atoms with Gasteiger partial charge >= 0.3 is 0 Å². The molecule has 0 unspecified atom stereocenters. The highest BCUT2D eigenvalue weighted by Crippen LogP contribution is 2.32. The number of hydrogen-bond donors (Lipinski definition) is 0. The zero-order valence-electron chi connectivity index (χ0n) is 14.9. The molecule has 4 nitrogen and oxygen atoms in total. The van der Waals surface area contributed by atoms with Gasteiger partial charge in [-0.2, -0.15) is 0 Å². The number of hydrogen-bond acceptors (Lipinski definition) is 3. The van der Waals surface area contributed by atoms with Gasteiger partial charge in [0.25, 0.3) is 0 Å². The summed E-state index contributed by atoms with van der Waals surface area (Å²) in [6, 6.07) is 21.7. The first-order chi connectivity index (χ1) is 13.8. The summed E-state index contributed by atoms with van der Waals surface area (Å²) in [4.78, 5) is 9.00. The van der Waals surface area contributed by atoms with Gasteiger partial charge in [0.1, 0.15) is 18.2 Å². The van der Waals surface area contributed by atoms with E-state index in [1.165, 1.54) is 0 Å². The van der Waals surface area contributed by atoms with Crippen molar-refractivity contribution in [1.29, 1.82) is 0 Å². The Kier molecular flexibility index (Phi) is 4.18. The van der Waals surface area contributed by atoms with E-state index in [0.717, 1.165) is 39.1 Å². The Morgan fingerprint density at radius 2 is 1.64 bits per heavy atom. The molecule has 0 aliphatic carbocycles. The number of aromatic nitrogens is 3. The molecule has 5 rings (SSSR count). The van der Waals surface area contributed by atoms with Crippen LogP contribution in [-0.4, -0.2) is 14.4 Å². The summed E-state index contributed by atoms with van der Waals surface area (Å²) in [6.45, 7) is 0.404. The predicted octanol–water partition coefficient (Wildman–Crippen LogP) is 5.78. The Balaban J connectivity index is 1.65. The fourth-order valence-corrected chi connectivity index (χ4v) is 3.49. The van der Waals surface area contributed by atoms with E-state index in [2.05, 4.69) is 26.5 Å². The average Bonchev–Trinajstić information content (AvgIpc) is 3.17. The SMILES string of the molecule is Clc1ccc(-c2ncc3c4ccccc4c(OCc4ccccn4)cn23)cc1. The Labute approximate surface area is 167 Å². The highest BCUT2D eigenvalue weighted by Gasteiger charge is 2.13. The summed E-state index contributed by atoms with van der Waals surface area (Å²) in [5.41, 5.74) is 2.91. The number of halogens is 1. The second kappa shape index (κ2) is 6.98. The van der Waals surface area contributed by atoms with Crippen LogP contribution in [0.2, 0.25) is 5.02 Å². The van der Waals surface area contributed by atoms with Crippen LogP contribution in [0, 0.1) is 0 Å². The summed E-state index contributed by atoms with van der Waals surface area (Å²) >= 11 is 6.04. The summed E-state index contributed by atoms with van der Waals surface area (Å²) < 4.78 is 8.23. The van der Waals surface area contributed by atoms with E-state index in [1.54, 1.807) is 6.20 Å². The highest BCUT2D eigenvalue weighted by molar-refractivity contribution is 6.30. The molecule has 28 heavy (non-hydrogen) atoms. The molecule has 0 N–H and O–H groups in total. The van der Waals surface area contributed by atoms with E-state index < -0.39 is 0 Å². The molecule has 0 fully saturated rings. The topological polar surface area (TPSA) is 39.4 Å². The molecule has 0 amide bonds. The molecule has 0 atom stereocenters. The molecule has 0 saturated carbocycles. The van der Waals surface area contributed by atoms with Crippen molar-refractivity contribution in [2.45, 2.75) is 6.61 Å². The molecule has 0 bridgehead atoms. The molecule has 0 aliphatic heterocycles. The Morgan fingerprint density at radius 1 is 0.857 bits per heavy atom. The van der Waals surface area contributed by atoms with E-state index in [1.807, 2.05) is 67.0 Å². The molecule has 0 radical (unpaired) electrons. The zero-order valence-corrected chi connectivity index (χ0v) is 15.7. The van der Waals surface area contributed by atoms with E-state index in [0.29, 0.717) is 11.6 Å². The third kappa shape index (κ3) is 2.98. The van der Waals surface area contributed by atoms with Gasteiger partial charge < -0.3 is 4.74 Å². The van der Waals surface area contributed by atoms with Crippen molar-refractivity contribution in [3.8, 4) is 17.1 Å². The van der Waals surface area contributed by atoms with Crippen molar-refractivity contribution in [3.05, 3.63) is 96.0 Å². The molecule has 0 spiro atoms. The first-order valence-electron chi connectivity index (χ1n) is 8.97. The molecule has 136 valence electrons. The molecule has 5 heteroatoms. The third-order valence-electron chi connectivity index (χ3n) is 4.72. The van der Waals surface area contributed by atoms with Gasteiger partial charge in [-0.25, -0.2) is 4.98 Å². The Bertz CT molecular complexity index is 1260. The van der Waals surface area contributed by atoms with Gasteiger partial charge in [-0.15, -0.1) is 0 Å². The maximum absolute atomic E-state index is 6.16. The quantitative estimate of drug-likeness (QED) is 0.393. The van der Waals surface area contributed by atoms with E-state index in [4.69, 9.17) is 16.3 Å². The van der Waals surface area contributed by atoms with Crippen LogP contribution >= 0.6 is 11.6 Å². The number of benzene rings is 2. The lowest BCUT2D eigenvalue weighted by atomic mass is 10.1. The first-order valence-corrected chi connectivity index (χ1v) is 9.35. The maximum atomic E-state index is 6.16. The Hall–Kier alpha value is -3.37. The predicted molar refractivity (Wildman–Crippen MR) is 112 cm³/mol. The lowest BCUT2D eigenvalue weighted by Crippen LogP contribution is -2.00. The lowest BCUT2D eigenvalue weighted by Gasteiger charge is -2.12. The largest absolute Gasteiger partial charge is 0.485 e. The van der Waals surface area contributed by atoms with Gasteiger partial charge in [-0.3, -0.25) is 9.38 Å². The second-order valence-corrected chi connectivity index (χ2v) is 6.93. The van der Waals surface area contributed by atoms with E-state index in [9.17, 15) is 0 Å². The number of imidazole rings is 1. The van der Waals surface area contributed by atoms with Crippen molar-refractivity contribution in [2.75, 3.05) is 0 Å². The van der Waals surface area contributed by atoms with Crippen LogP contribution in [0.1, 0.15) is 5.69 Å². The maximum Gasteiger partial charge on any atom is 0.144 e. The van der Waals surface area contributed by atoms with Crippen LogP contribution in [-0.2, 0) is 6.61 Å². The summed E-state index contributed by atoms with van der Waals surface area (Å²) in [5.74, 6) is 1.64. The fraction of sp³-hybridized carbons (Fsp3) is 0.0435. The van der Waals surface area contributed by atoms with E-state index in [-0.39, 0.29) is 0 Å². The van der Waals surface area contributed by atoms with Gasteiger partial charge in [-0.1, -0.05) is 41.9 Å². The number of fused-ring (bicyclic) bond motifs is 3. The first kappa shape index (κ1) is 16.8. The van der Waals surface area contributed by atoms with Gasteiger partial charge in [0.2, 0.25) is 0 Å². The minimum atomic E-state index is 0.404.